The maximum Gasteiger partial charge on any atom is 0.325 e. The average Bonchev–Trinajstić information content (AvgIpc) is 2.95. The molecule has 2 aromatic rings. The summed E-state index contributed by atoms with van der Waals surface area (Å²) in [7, 11) is 1.37. The van der Waals surface area contributed by atoms with E-state index in [1.165, 1.54) is 50.4 Å². The van der Waals surface area contributed by atoms with Crippen molar-refractivity contribution in [1.29, 1.82) is 0 Å². The van der Waals surface area contributed by atoms with Gasteiger partial charge in [0.15, 0.2) is 0 Å². The Labute approximate surface area is 193 Å². The van der Waals surface area contributed by atoms with Gasteiger partial charge < -0.3 is 15.5 Å². The van der Waals surface area contributed by atoms with E-state index in [9.17, 15) is 23.6 Å². The minimum Gasteiger partial charge on any atom is -0.335 e. The number of carbonyl (C=O) groups excluding carboxylic acids is 4. The Kier molecular flexibility index (Phi) is 6.71. The first kappa shape index (κ1) is 23.5. The lowest BCUT2D eigenvalue weighted by atomic mass is 9.92. The summed E-state index contributed by atoms with van der Waals surface area (Å²) in [5.74, 6) is -2.27. The van der Waals surface area contributed by atoms with E-state index in [4.69, 9.17) is 23.2 Å². The van der Waals surface area contributed by atoms with Crippen LogP contribution in [-0.2, 0) is 19.9 Å². The normalized spacial score (nSPS) is 17.8. The number of likely N-dealkylation sites (N-methyl/N-ethyl adjacent to an activating group) is 1. The summed E-state index contributed by atoms with van der Waals surface area (Å²) < 4.78 is 13.2. The molecule has 8 nitrogen and oxygen atoms in total. The van der Waals surface area contributed by atoms with Gasteiger partial charge in [-0.1, -0.05) is 35.3 Å². The molecule has 2 aromatic carbocycles. The Morgan fingerprint density at radius 3 is 2.41 bits per heavy atom. The van der Waals surface area contributed by atoms with Crippen LogP contribution in [0.4, 0.5) is 14.9 Å². The first-order valence-electron chi connectivity index (χ1n) is 9.40. The predicted molar refractivity (Wildman–Crippen MR) is 117 cm³/mol. The highest BCUT2D eigenvalue weighted by atomic mass is 35.5. The van der Waals surface area contributed by atoms with Gasteiger partial charge in [-0.15, -0.1) is 0 Å². The zero-order valence-electron chi connectivity index (χ0n) is 17.1. The summed E-state index contributed by atoms with van der Waals surface area (Å²) in [6.45, 7) is 0.593. The molecular formula is C21H19Cl2FN4O4. The molecule has 3 rings (SSSR count). The van der Waals surface area contributed by atoms with Gasteiger partial charge >= 0.3 is 6.03 Å². The van der Waals surface area contributed by atoms with Crippen molar-refractivity contribution in [1.82, 2.24) is 15.1 Å². The van der Waals surface area contributed by atoms with Crippen molar-refractivity contribution in [3.8, 4) is 0 Å². The fourth-order valence-corrected chi connectivity index (χ4v) is 3.45. The van der Waals surface area contributed by atoms with E-state index in [2.05, 4.69) is 10.6 Å². The highest BCUT2D eigenvalue weighted by molar-refractivity contribution is 6.42. The Balaban J connectivity index is 1.62. The Morgan fingerprint density at radius 1 is 1.12 bits per heavy atom. The molecule has 1 aliphatic heterocycles. The fraction of sp³-hybridized carbons (Fsp3) is 0.238. The number of halogens is 3. The minimum atomic E-state index is -1.44. The lowest BCUT2D eigenvalue weighted by Gasteiger charge is -2.23. The molecule has 0 aliphatic carbocycles. The van der Waals surface area contributed by atoms with Gasteiger partial charge in [-0.3, -0.25) is 19.3 Å². The number of imide groups is 1. The molecule has 32 heavy (non-hydrogen) atoms. The molecule has 1 atom stereocenters. The number of hydrogen-bond acceptors (Lipinski definition) is 4. The number of amides is 5. The molecule has 0 aromatic heterocycles. The molecule has 1 unspecified atom stereocenters. The molecule has 2 N–H and O–H groups in total. The van der Waals surface area contributed by atoms with Crippen LogP contribution in [0.25, 0.3) is 0 Å². The van der Waals surface area contributed by atoms with E-state index in [0.717, 1.165) is 9.80 Å². The molecule has 0 saturated carbocycles. The van der Waals surface area contributed by atoms with Gasteiger partial charge in [0.05, 0.1) is 16.6 Å². The van der Waals surface area contributed by atoms with Gasteiger partial charge in [0, 0.05) is 12.7 Å². The van der Waals surface area contributed by atoms with E-state index >= 15 is 0 Å². The van der Waals surface area contributed by atoms with E-state index in [0.29, 0.717) is 16.3 Å². The number of rotatable bonds is 6. The Bertz CT molecular complexity index is 1100. The van der Waals surface area contributed by atoms with Crippen molar-refractivity contribution < 1.29 is 23.6 Å². The smallest absolute Gasteiger partial charge is 0.325 e. The summed E-state index contributed by atoms with van der Waals surface area (Å²) in [5, 5.41) is 5.71. The maximum atomic E-state index is 13.2. The predicted octanol–water partition coefficient (Wildman–Crippen LogP) is 3.00. The topological polar surface area (TPSA) is 98.8 Å². The fourth-order valence-electron chi connectivity index (χ4n) is 3.15. The molecule has 5 amide bonds. The maximum absolute atomic E-state index is 13.2. The number of anilines is 1. The molecule has 0 bridgehead atoms. The summed E-state index contributed by atoms with van der Waals surface area (Å²) in [5.41, 5.74) is -0.662. The zero-order chi connectivity index (χ0) is 23.6. The SMILES string of the molecule is CN(CC(=O)Nc1ccc(Cl)c(Cl)c1)C(=O)CN1C(=O)NC(C)(c2ccc(F)cc2)C1=O. The average molecular weight is 481 g/mol. The van der Waals surface area contributed by atoms with Gasteiger partial charge in [-0.25, -0.2) is 9.18 Å². The largest absolute Gasteiger partial charge is 0.335 e. The van der Waals surface area contributed by atoms with Crippen LogP contribution >= 0.6 is 23.2 Å². The third-order valence-electron chi connectivity index (χ3n) is 5.00. The van der Waals surface area contributed by atoms with E-state index in [1.54, 1.807) is 6.07 Å². The van der Waals surface area contributed by atoms with Gasteiger partial charge in [-0.05, 0) is 42.8 Å². The zero-order valence-corrected chi connectivity index (χ0v) is 18.6. The number of benzene rings is 2. The van der Waals surface area contributed by atoms with Crippen LogP contribution in [0.3, 0.4) is 0 Å². The second-order valence-electron chi connectivity index (χ2n) is 7.38. The van der Waals surface area contributed by atoms with Crippen molar-refractivity contribution in [2.75, 3.05) is 25.5 Å². The van der Waals surface area contributed by atoms with E-state index in [-0.39, 0.29) is 11.6 Å². The van der Waals surface area contributed by atoms with E-state index in [1.807, 2.05) is 0 Å². The number of nitrogens with one attached hydrogen (secondary N) is 2. The molecule has 11 heteroatoms. The summed E-state index contributed by atoms with van der Waals surface area (Å²) >= 11 is 11.7. The van der Waals surface area contributed by atoms with Crippen LogP contribution < -0.4 is 10.6 Å². The van der Waals surface area contributed by atoms with Gasteiger partial charge in [0.1, 0.15) is 17.9 Å². The second-order valence-corrected chi connectivity index (χ2v) is 8.19. The molecule has 1 fully saturated rings. The first-order chi connectivity index (χ1) is 15.0. The minimum absolute atomic E-state index is 0.261. The van der Waals surface area contributed by atoms with Crippen molar-refractivity contribution in [2.45, 2.75) is 12.5 Å². The monoisotopic (exact) mass is 480 g/mol. The molecule has 1 saturated heterocycles. The number of carbonyl (C=O) groups is 4. The van der Waals surface area contributed by atoms with Crippen molar-refractivity contribution in [3.05, 3.63) is 63.9 Å². The quantitative estimate of drug-likeness (QED) is 0.620. The molecule has 1 heterocycles. The molecule has 1 aliphatic rings. The Hall–Kier alpha value is -3.17. The van der Waals surface area contributed by atoms with Crippen molar-refractivity contribution in [2.24, 2.45) is 0 Å². The number of urea groups is 1. The summed E-state index contributed by atoms with van der Waals surface area (Å²) in [6.07, 6.45) is 0. The lowest BCUT2D eigenvalue weighted by molar-refractivity contribution is -0.139. The highest BCUT2D eigenvalue weighted by Gasteiger charge is 2.49. The number of hydrogen-bond donors (Lipinski definition) is 2. The van der Waals surface area contributed by atoms with Crippen LogP contribution in [0.1, 0.15) is 12.5 Å². The molecule has 168 valence electrons. The highest BCUT2D eigenvalue weighted by Crippen LogP contribution is 2.29. The van der Waals surface area contributed by atoms with Gasteiger partial charge in [-0.2, -0.15) is 0 Å². The number of nitrogens with zero attached hydrogens (tertiary/aromatic N) is 2. The third-order valence-corrected chi connectivity index (χ3v) is 5.74. The van der Waals surface area contributed by atoms with Crippen molar-refractivity contribution in [3.63, 3.8) is 0 Å². The van der Waals surface area contributed by atoms with Crippen LogP contribution in [0.2, 0.25) is 10.0 Å². The second kappa shape index (κ2) is 9.13. The summed E-state index contributed by atoms with van der Waals surface area (Å²) in [6, 6.07) is 8.90. The molecule has 0 spiro atoms. The summed E-state index contributed by atoms with van der Waals surface area (Å²) in [4.78, 5) is 51.9. The van der Waals surface area contributed by atoms with Crippen molar-refractivity contribution >= 4 is 52.6 Å². The van der Waals surface area contributed by atoms with Gasteiger partial charge in [0.2, 0.25) is 11.8 Å². The van der Waals surface area contributed by atoms with Crippen LogP contribution in [0, 0.1) is 5.82 Å². The molecular weight excluding hydrogens is 462 g/mol. The lowest BCUT2D eigenvalue weighted by Crippen LogP contribution is -2.45. The van der Waals surface area contributed by atoms with Gasteiger partial charge in [0.25, 0.3) is 5.91 Å². The Morgan fingerprint density at radius 2 is 1.78 bits per heavy atom. The third kappa shape index (κ3) is 4.84. The van der Waals surface area contributed by atoms with Crippen LogP contribution in [0.15, 0.2) is 42.5 Å². The van der Waals surface area contributed by atoms with E-state index < -0.39 is 41.7 Å². The van der Waals surface area contributed by atoms with Crippen LogP contribution in [-0.4, -0.2) is 53.7 Å². The standard InChI is InChI=1S/C21H19Cl2FN4O4/c1-21(12-3-5-13(24)6-4-12)19(31)28(20(32)26-21)11-18(30)27(2)10-17(29)25-14-7-8-15(22)16(23)9-14/h3-9H,10-11H2,1-2H3,(H,25,29)(H,26,32). The first-order valence-corrected chi connectivity index (χ1v) is 10.2. The van der Waals surface area contributed by atoms with Crippen LogP contribution in [0.5, 0.6) is 0 Å². The molecule has 0 radical (unpaired) electrons.